The minimum atomic E-state index is -0.279. The highest BCUT2D eigenvalue weighted by atomic mass is 16.2. The number of nitrogens with one attached hydrogen (secondary N) is 3. The summed E-state index contributed by atoms with van der Waals surface area (Å²) in [7, 11) is 0. The van der Waals surface area contributed by atoms with Gasteiger partial charge in [-0.1, -0.05) is 30.3 Å². The number of aryl methyl sites for hydroxylation is 1. The molecular formula is C22H22N4O3. The second-order valence-corrected chi connectivity index (χ2v) is 6.48. The number of nitrogens with zero attached hydrogens (tertiary/aromatic N) is 1. The van der Waals surface area contributed by atoms with Gasteiger partial charge < -0.3 is 15.6 Å². The van der Waals surface area contributed by atoms with Crippen molar-refractivity contribution in [1.82, 2.24) is 15.3 Å². The van der Waals surface area contributed by atoms with E-state index in [-0.39, 0.29) is 23.8 Å². The number of anilines is 1. The van der Waals surface area contributed by atoms with Gasteiger partial charge in [0.25, 0.3) is 11.5 Å². The maximum atomic E-state index is 12.3. The van der Waals surface area contributed by atoms with Gasteiger partial charge in [0.2, 0.25) is 5.91 Å². The molecule has 0 saturated heterocycles. The molecule has 0 unspecified atom stereocenters. The first-order chi connectivity index (χ1) is 14.1. The fraction of sp³-hybridized carbons (Fsp3) is 0.182. The van der Waals surface area contributed by atoms with Gasteiger partial charge in [-0.2, -0.15) is 0 Å². The number of hydrogen-bond donors (Lipinski definition) is 3. The van der Waals surface area contributed by atoms with Crippen molar-refractivity contribution in [2.45, 2.75) is 19.3 Å². The van der Waals surface area contributed by atoms with E-state index in [1.54, 1.807) is 48.5 Å². The van der Waals surface area contributed by atoms with Gasteiger partial charge in [-0.25, -0.2) is 4.98 Å². The molecule has 2 amide bonds. The third kappa shape index (κ3) is 5.16. The van der Waals surface area contributed by atoms with E-state index in [4.69, 9.17) is 0 Å². The fourth-order valence-electron chi connectivity index (χ4n) is 2.93. The molecule has 29 heavy (non-hydrogen) atoms. The fourth-order valence-corrected chi connectivity index (χ4v) is 2.93. The Morgan fingerprint density at radius 2 is 1.86 bits per heavy atom. The molecule has 0 spiro atoms. The highest BCUT2D eigenvalue weighted by molar-refractivity contribution is 6.03. The molecule has 0 bridgehead atoms. The largest absolute Gasteiger partial charge is 0.349 e. The van der Waals surface area contributed by atoms with Crippen molar-refractivity contribution in [3.8, 4) is 0 Å². The second-order valence-electron chi connectivity index (χ2n) is 6.48. The summed E-state index contributed by atoms with van der Waals surface area (Å²) in [5.41, 5.74) is 1.30. The highest BCUT2D eigenvalue weighted by Gasteiger charge is 2.12. The van der Waals surface area contributed by atoms with Gasteiger partial charge in [0.05, 0.1) is 22.2 Å². The van der Waals surface area contributed by atoms with E-state index in [1.165, 1.54) is 0 Å². The molecule has 0 aliphatic carbocycles. The molecular weight excluding hydrogens is 368 g/mol. The molecule has 0 radical (unpaired) electrons. The maximum absolute atomic E-state index is 12.3. The Kier molecular flexibility index (Phi) is 6.52. The van der Waals surface area contributed by atoms with E-state index in [2.05, 4.69) is 27.2 Å². The molecule has 2 aromatic carbocycles. The molecule has 7 heteroatoms. The summed E-state index contributed by atoms with van der Waals surface area (Å²) in [5.74, 6) is 0.0570. The predicted octanol–water partition coefficient (Wildman–Crippen LogP) is 2.80. The molecule has 148 valence electrons. The molecule has 0 aliphatic heterocycles. The van der Waals surface area contributed by atoms with Gasteiger partial charge in [0.15, 0.2) is 0 Å². The molecule has 0 fully saturated rings. The van der Waals surface area contributed by atoms with Crippen molar-refractivity contribution in [3.63, 3.8) is 0 Å². The smallest absolute Gasteiger partial charge is 0.258 e. The van der Waals surface area contributed by atoms with Gasteiger partial charge in [-0.3, -0.25) is 14.4 Å². The number of carbonyl (C=O) groups excluding carboxylic acids is 2. The van der Waals surface area contributed by atoms with Crippen molar-refractivity contribution in [2.75, 3.05) is 11.9 Å². The molecule has 0 atom stereocenters. The Balaban J connectivity index is 1.59. The average molecular weight is 390 g/mol. The second kappa shape index (κ2) is 9.45. The predicted molar refractivity (Wildman–Crippen MR) is 113 cm³/mol. The summed E-state index contributed by atoms with van der Waals surface area (Å²) in [5, 5.41) is 6.02. The molecule has 3 rings (SSSR count). The number of H-pyrrole nitrogens is 1. The number of hydrogen-bond acceptors (Lipinski definition) is 4. The zero-order valence-corrected chi connectivity index (χ0v) is 15.9. The van der Waals surface area contributed by atoms with Gasteiger partial charge >= 0.3 is 0 Å². The average Bonchev–Trinajstić information content (AvgIpc) is 2.72. The SMILES string of the molecule is C=CCNC(=O)c1ccccc1NC(=O)CCCc1nc2ccccc2c(=O)[nH]1. The number of amides is 2. The van der Waals surface area contributed by atoms with Crippen molar-refractivity contribution >= 4 is 28.4 Å². The molecule has 3 aromatic rings. The van der Waals surface area contributed by atoms with Crippen LogP contribution in [0, 0.1) is 0 Å². The van der Waals surface area contributed by atoms with E-state index in [9.17, 15) is 14.4 Å². The minimum Gasteiger partial charge on any atom is -0.349 e. The Morgan fingerprint density at radius 3 is 2.69 bits per heavy atom. The monoisotopic (exact) mass is 390 g/mol. The highest BCUT2D eigenvalue weighted by Crippen LogP contribution is 2.16. The van der Waals surface area contributed by atoms with Gasteiger partial charge in [-0.15, -0.1) is 6.58 Å². The standard InChI is InChI=1S/C22H22N4O3/c1-2-14-23-21(28)15-8-3-6-11-18(15)25-20(27)13-7-12-19-24-17-10-5-4-9-16(17)22(29)26-19/h2-6,8-11H,1,7,12-14H2,(H,23,28)(H,25,27)(H,24,26,29). The molecule has 1 heterocycles. The number of para-hydroxylation sites is 2. The molecule has 0 aliphatic rings. The van der Waals surface area contributed by atoms with Crippen LogP contribution in [0.3, 0.4) is 0 Å². The summed E-state index contributed by atoms with van der Waals surface area (Å²) >= 11 is 0. The Hall–Kier alpha value is -3.74. The van der Waals surface area contributed by atoms with E-state index in [1.807, 2.05) is 6.07 Å². The van der Waals surface area contributed by atoms with Crippen molar-refractivity contribution in [3.05, 3.63) is 82.9 Å². The van der Waals surface area contributed by atoms with E-state index in [0.29, 0.717) is 47.4 Å². The lowest BCUT2D eigenvalue weighted by molar-refractivity contribution is -0.116. The van der Waals surface area contributed by atoms with E-state index >= 15 is 0 Å². The number of fused-ring (bicyclic) bond motifs is 1. The summed E-state index contributed by atoms with van der Waals surface area (Å²) in [6.07, 6.45) is 2.80. The number of carbonyl (C=O) groups is 2. The minimum absolute atomic E-state index is 0.186. The summed E-state index contributed by atoms with van der Waals surface area (Å²) in [6, 6.07) is 14.0. The summed E-state index contributed by atoms with van der Waals surface area (Å²) < 4.78 is 0. The van der Waals surface area contributed by atoms with Crippen LogP contribution in [0.1, 0.15) is 29.0 Å². The van der Waals surface area contributed by atoms with Gasteiger partial charge in [-0.05, 0) is 30.7 Å². The number of rotatable bonds is 8. The molecule has 3 N–H and O–H groups in total. The van der Waals surface area contributed by atoms with Crippen LogP contribution in [0.25, 0.3) is 10.9 Å². The van der Waals surface area contributed by atoms with E-state index in [0.717, 1.165) is 0 Å². The van der Waals surface area contributed by atoms with Crippen LogP contribution in [0.15, 0.2) is 66.0 Å². The quantitative estimate of drug-likeness (QED) is 0.515. The molecule has 0 saturated carbocycles. The van der Waals surface area contributed by atoms with Crippen molar-refractivity contribution < 1.29 is 9.59 Å². The first-order valence-corrected chi connectivity index (χ1v) is 9.34. The van der Waals surface area contributed by atoms with Crippen LogP contribution in [-0.2, 0) is 11.2 Å². The first kappa shape index (κ1) is 20.0. The van der Waals surface area contributed by atoms with Crippen LogP contribution in [-0.4, -0.2) is 28.3 Å². The van der Waals surface area contributed by atoms with Crippen LogP contribution >= 0.6 is 0 Å². The molecule has 7 nitrogen and oxygen atoms in total. The number of benzene rings is 2. The lowest BCUT2D eigenvalue weighted by Gasteiger charge is -2.11. The van der Waals surface area contributed by atoms with Crippen molar-refractivity contribution in [1.29, 1.82) is 0 Å². The zero-order chi connectivity index (χ0) is 20.6. The Labute approximate surface area is 167 Å². The number of aromatic amines is 1. The summed E-state index contributed by atoms with van der Waals surface area (Å²) in [4.78, 5) is 43.8. The number of aromatic nitrogens is 2. The maximum Gasteiger partial charge on any atom is 0.258 e. The lowest BCUT2D eigenvalue weighted by Crippen LogP contribution is -2.25. The van der Waals surface area contributed by atoms with E-state index < -0.39 is 0 Å². The lowest BCUT2D eigenvalue weighted by atomic mass is 10.1. The Bertz CT molecular complexity index is 1100. The van der Waals surface area contributed by atoms with Crippen LogP contribution in [0.2, 0.25) is 0 Å². The zero-order valence-electron chi connectivity index (χ0n) is 15.9. The summed E-state index contributed by atoms with van der Waals surface area (Å²) in [6.45, 7) is 3.91. The van der Waals surface area contributed by atoms with Gasteiger partial charge in [0, 0.05) is 19.4 Å². The third-order valence-corrected chi connectivity index (χ3v) is 4.33. The van der Waals surface area contributed by atoms with Crippen LogP contribution < -0.4 is 16.2 Å². The third-order valence-electron chi connectivity index (χ3n) is 4.33. The van der Waals surface area contributed by atoms with Gasteiger partial charge in [0.1, 0.15) is 5.82 Å². The van der Waals surface area contributed by atoms with Crippen LogP contribution in [0.4, 0.5) is 5.69 Å². The van der Waals surface area contributed by atoms with Crippen molar-refractivity contribution in [2.24, 2.45) is 0 Å². The topological polar surface area (TPSA) is 104 Å². The Morgan fingerprint density at radius 1 is 1.10 bits per heavy atom. The molecule has 1 aromatic heterocycles. The van der Waals surface area contributed by atoms with Crippen LogP contribution in [0.5, 0.6) is 0 Å². The first-order valence-electron chi connectivity index (χ1n) is 9.34. The normalized spacial score (nSPS) is 10.5.